The van der Waals surface area contributed by atoms with Crippen molar-refractivity contribution in [3.63, 3.8) is 0 Å². The summed E-state index contributed by atoms with van der Waals surface area (Å²) in [6.07, 6.45) is 1.21. The van der Waals surface area contributed by atoms with Gasteiger partial charge in [-0.2, -0.15) is 0 Å². The van der Waals surface area contributed by atoms with Crippen LogP contribution in [0.15, 0.2) is 11.8 Å². The molecule has 0 atom stereocenters. The molecule has 0 rings (SSSR count). The van der Waals surface area contributed by atoms with Gasteiger partial charge in [-0.15, -0.1) is 0 Å². The van der Waals surface area contributed by atoms with Crippen molar-refractivity contribution in [3.8, 4) is 0 Å². The molecule has 2 N–H and O–H groups in total. The van der Waals surface area contributed by atoms with E-state index in [0.717, 1.165) is 0 Å². The topological polar surface area (TPSA) is 75.6 Å². The molecular formula is C8H14NNaO4. The van der Waals surface area contributed by atoms with E-state index in [1.54, 1.807) is 13.8 Å². The van der Waals surface area contributed by atoms with Crippen LogP contribution in [0.1, 0.15) is 13.8 Å². The van der Waals surface area contributed by atoms with Crippen LogP contribution in [0.5, 0.6) is 0 Å². The molecule has 0 fully saturated rings. The molecule has 76 valence electrons. The van der Waals surface area contributed by atoms with E-state index >= 15 is 0 Å². The van der Waals surface area contributed by atoms with Gasteiger partial charge in [0.2, 0.25) is 0 Å². The number of esters is 1. The summed E-state index contributed by atoms with van der Waals surface area (Å²) in [4.78, 5) is 20.9. The number of carboxylic acids is 1. The van der Waals surface area contributed by atoms with E-state index in [0.29, 0.717) is 12.3 Å². The van der Waals surface area contributed by atoms with Gasteiger partial charge < -0.3 is 15.2 Å². The number of hydrogen-bond acceptors (Lipinski definition) is 4. The van der Waals surface area contributed by atoms with Crippen molar-refractivity contribution >= 4 is 41.5 Å². The molecule has 6 heteroatoms. The van der Waals surface area contributed by atoms with E-state index in [1.165, 1.54) is 6.08 Å². The molecule has 0 bridgehead atoms. The summed E-state index contributed by atoms with van der Waals surface area (Å²) in [5.74, 6) is -1.45. The molecule has 0 radical (unpaired) electrons. The number of hydrogen-bond donors (Lipinski definition) is 2. The Morgan fingerprint density at radius 2 is 2.07 bits per heavy atom. The first-order valence-electron chi connectivity index (χ1n) is 3.87. The average molecular weight is 211 g/mol. The molecule has 0 spiro atoms. The zero-order valence-electron chi connectivity index (χ0n) is 7.66. The van der Waals surface area contributed by atoms with Gasteiger partial charge in [-0.25, -0.2) is 4.79 Å². The van der Waals surface area contributed by atoms with Crippen LogP contribution < -0.4 is 5.32 Å². The molecule has 0 aromatic rings. The number of carbonyl (C=O) groups excluding carboxylic acids is 1. The first-order valence-corrected chi connectivity index (χ1v) is 3.87. The van der Waals surface area contributed by atoms with Crippen molar-refractivity contribution in [1.29, 1.82) is 0 Å². The normalized spacial score (nSPS) is 10.0. The average Bonchev–Trinajstić information content (AvgIpc) is 2.01. The fourth-order valence-electron chi connectivity index (χ4n) is 0.627. The van der Waals surface area contributed by atoms with Gasteiger partial charge in [0.1, 0.15) is 6.54 Å². The fourth-order valence-corrected chi connectivity index (χ4v) is 0.627. The zero-order valence-corrected chi connectivity index (χ0v) is 7.66. The molecule has 0 saturated carbocycles. The summed E-state index contributed by atoms with van der Waals surface area (Å²) in [6, 6.07) is 0. The maximum absolute atomic E-state index is 10.8. The summed E-state index contributed by atoms with van der Waals surface area (Å²) in [5.41, 5.74) is 0.473. The van der Waals surface area contributed by atoms with Crippen molar-refractivity contribution in [2.45, 2.75) is 13.8 Å². The fraction of sp³-hybridized carbons (Fsp3) is 0.500. The first kappa shape index (κ1) is 15.9. The standard InChI is InChI=1S/C8H13NO4.Na.H/c1-3-13-8(12)4-6(2)9-5-7(10)11;;/h4,9H,3,5H2,1-2H3,(H,10,11);;/b6-4+;;. The van der Waals surface area contributed by atoms with Gasteiger partial charge in [0.25, 0.3) is 0 Å². The van der Waals surface area contributed by atoms with Crippen LogP contribution in [-0.2, 0) is 14.3 Å². The first-order chi connectivity index (χ1) is 6.06. The van der Waals surface area contributed by atoms with Gasteiger partial charge in [-0.1, -0.05) is 0 Å². The third-order valence-corrected chi connectivity index (χ3v) is 1.14. The summed E-state index contributed by atoms with van der Waals surface area (Å²) in [7, 11) is 0. The number of ether oxygens (including phenoxy) is 1. The zero-order chi connectivity index (χ0) is 10.3. The van der Waals surface area contributed by atoms with Gasteiger partial charge in [0.15, 0.2) is 0 Å². The van der Waals surface area contributed by atoms with Gasteiger partial charge in [0.05, 0.1) is 6.61 Å². The molecule has 5 nitrogen and oxygen atoms in total. The van der Waals surface area contributed by atoms with E-state index in [2.05, 4.69) is 10.1 Å². The second-order valence-electron chi connectivity index (χ2n) is 2.33. The number of carboxylic acid groups (broad SMARTS) is 1. The molecule has 14 heavy (non-hydrogen) atoms. The number of rotatable bonds is 5. The van der Waals surface area contributed by atoms with Crippen molar-refractivity contribution in [1.82, 2.24) is 5.32 Å². The second kappa shape index (κ2) is 9.05. The number of allylic oxidation sites excluding steroid dienone is 1. The Labute approximate surface area is 105 Å². The van der Waals surface area contributed by atoms with Crippen molar-refractivity contribution in [2.75, 3.05) is 13.2 Å². The van der Waals surface area contributed by atoms with Gasteiger partial charge in [-0.05, 0) is 13.8 Å². The predicted octanol–water partition coefficient (Wildman–Crippen LogP) is -0.521. The number of aliphatic carboxylic acids is 1. The predicted molar refractivity (Wildman–Crippen MR) is 53.2 cm³/mol. The van der Waals surface area contributed by atoms with Crippen LogP contribution in [-0.4, -0.2) is 59.8 Å². The van der Waals surface area contributed by atoms with Crippen molar-refractivity contribution in [2.24, 2.45) is 0 Å². The summed E-state index contributed by atoms with van der Waals surface area (Å²) >= 11 is 0. The monoisotopic (exact) mass is 211 g/mol. The second-order valence-corrected chi connectivity index (χ2v) is 2.33. The summed E-state index contributed by atoms with van der Waals surface area (Å²) in [6.45, 7) is 3.40. The van der Waals surface area contributed by atoms with Crippen LogP contribution in [0.4, 0.5) is 0 Å². The molecule has 0 amide bonds. The van der Waals surface area contributed by atoms with E-state index in [1.807, 2.05) is 0 Å². The van der Waals surface area contributed by atoms with E-state index in [4.69, 9.17) is 5.11 Å². The molecule has 0 unspecified atom stereocenters. The van der Waals surface area contributed by atoms with Crippen LogP contribution in [0, 0.1) is 0 Å². The van der Waals surface area contributed by atoms with Gasteiger partial charge >= 0.3 is 41.5 Å². The quantitative estimate of drug-likeness (QED) is 0.363. The van der Waals surface area contributed by atoms with E-state index in [-0.39, 0.29) is 36.1 Å². The Hall–Kier alpha value is -0.520. The third kappa shape index (κ3) is 9.57. The SMILES string of the molecule is CCOC(=O)/C=C(\C)NCC(=O)O.[NaH]. The Bertz CT molecular complexity index is 227. The minimum atomic E-state index is -0.975. The molecule has 0 aliphatic carbocycles. The maximum atomic E-state index is 10.8. The van der Waals surface area contributed by atoms with Crippen molar-refractivity contribution < 1.29 is 19.4 Å². The third-order valence-electron chi connectivity index (χ3n) is 1.14. The molecule has 0 saturated heterocycles. The Morgan fingerprint density at radius 1 is 1.50 bits per heavy atom. The number of nitrogens with one attached hydrogen (secondary N) is 1. The molecule has 0 aliphatic heterocycles. The van der Waals surface area contributed by atoms with Crippen LogP contribution in [0.3, 0.4) is 0 Å². The summed E-state index contributed by atoms with van der Waals surface area (Å²) in [5, 5.41) is 10.8. The van der Waals surface area contributed by atoms with E-state index in [9.17, 15) is 9.59 Å². The van der Waals surface area contributed by atoms with Crippen LogP contribution >= 0.6 is 0 Å². The Balaban J connectivity index is 0. The molecule has 0 heterocycles. The molecule has 0 aromatic heterocycles. The Morgan fingerprint density at radius 3 is 2.50 bits per heavy atom. The summed E-state index contributed by atoms with van der Waals surface area (Å²) < 4.78 is 4.62. The van der Waals surface area contributed by atoms with Gasteiger partial charge in [-0.3, -0.25) is 4.79 Å². The van der Waals surface area contributed by atoms with E-state index < -0.39 is 11.9 Å². The Kier molecular flexibility index (Phi) is 10.3. The number of carbonyl (C=O) groups is 2. The van der Waals surface area contributed by atoms with Crippen LogP contribution in [0.2, 0.25) is 0 Å². The van der Waals surface area contributed by atoms with Gasteiger partial charge in [0, 0.05) is 11.8 Å². The molecular weight excluding hydrogens is 197 g/mol. The van der Waals surface area contributed by atoms with Crippen molar-refractivity contribution in [3.05, 3.63) is 11.8 Å². The van der Waals surface area contributed by atoms with Crippen LogP contribution in [0.25, 0.3) is 0 Å². The molecule has 0 aromatic carbocycles. The minimum absolute atomic E-state index is 0. The molecule has 0 aliphatic rings.